The van der Waals surface area contributed by atoms with E-state index in [-0.39, 0.29) is 23.7 Å². The molecule has 94 valence electrons. The maximum absolute atomic E-state index is 13.5. The van der Waals surface area contributed by atoms with Gasteiger partial charge in [-0.3, -0.25) is 4.79 Å². The highest BCUT2D eigenvalue weighted by atomic mass is 79.9. The number of esters is 1. The normalized spacial score (nSPS) is 13.9. The van der Waals surface area contributed by atoms with E-state index in [0.29, 0.717) is 5.69 Å². The zero-order valence-corrected chi connectivity index (χ0v) is 11.5. The largest absolute Gasteiger partial charge is 0.469 e. The van der Waals surface area contributed by atoms with Crippen LogP contribution in [0.15, 0.2) is 22.7 Å². The molecule has 0 amide bonds. The van der Waals surface area contributed by atoms with Crippen LogP contribution in [0, 0.1) is 11.7 Å². The van der Waals surface area contributed by atoms with Gasteiger partial charge in [0.25, 0.3) is 0 Å². The maximum Gasteiger partial charge on any atom is 0.310 e. The number of anilines is 1. The number of nitrogens with one attached hydrogen (secondary N) is 1. The fourth-order valence-electron chi connectivity index (χ4n) is 1.37. The van der Waals surface area contributed by atoms with Gasteiger partial charge in [0.1, 0.15) is 5.82 Å². The van der Waals surface area contributed by atoms with E-state index in [2.05, 4.69) is 26.0 Å². The van der Waals surface area contributed by atoms with Crippen molar-refractivity contribution in [1.29, 1.82) is 0 Å². The van der Waals surface area contributed by atoms with E-state index in [0.717, 1.165) is 4.47 Å². The molecule has 0 radical (unpaired) electrons. The van der Waals surface area contributed by atoms with Crippen molar-refractivity contribution in [1.82, 2.24) is 0 Å². The molecule has 17 heavy (non-hydrogen) atoms. The number of carbonyl (C=O) groups is 1. The van der Waals surface area contributed by atoms with E-state index in [1.807, 2.05) is 6.92 Å². The molecule has 1 rings (SSSR count). The summed E-state index contributed by atoms with van der Waals surface area (Å²) in [5.41, 5.74) is 0.364. The molecule has 2 unspecified atom stereocenters. The predicted molar refractivity (Wildman–Crippen MR) is 68.4 cm³/mol. The molecular weight excluding hydrogens is 289 g/mol. The van der Waals surface area contributed by atoms with Crippen molar-refractivity contribution in [2.75, 3.05) is 12.4 Å². The molecule has 5 heteroatoms. The van der Waals surface area contributed by atoms with Crippen LogP contribution in [0.2, 0.25) is 0 Å². The lowest BCUT2D eigenvalue weighted by molar-refractivity contribution is -0.145. The number of hydrogen-bond acceptors (Lipinski definition) is 3. The number of methoxy groups -OCH3 is 1. The molecule has 0 spiro atoms. The monoisotopic (exact) mass is 303 g/mol. The summed E-state index contributed by atoms with van der Waals surface area (Å²) >= 11 is 3.27. The van der Waals surface area contributed by atoms with Gasteiger partial charge in [-0.25, -0.2) is 4.39 Å². The fourth-order valence-corrected chi connectivity index (χ4v) is 1.73. The molecule has 3 nitrogen and oxygen atoms in total. The maximum atomic E-state index is 13.5. The second-order valence-corrected chi connectivity index (χ2v) is 4.78. The molecule has 0 bridgehead atoms. The van der Waals surface area contributed by atoms with Gasteiger partial charge in [0, 0.05) is 10.5 Å². The Labute approximate surface area is 108 Å². The summed E-state index contributed by atoms with van der Waals surface area (Å²) in [6, 6.07) is 4.40. The van der Waals surface area contributed by atoms with Gasteiger partial charge in [0.05, 0.1) is 18.7 Å². The Bertz CT molecular complexity index is 411. The van der Waals surface area contributed by atoms with Crippen molar-refractivity contribution in [2.24, 2.45) is 5.92 Å². The van der Waals surface area contributed by atoms with Gasteiger partial charge in [-0.05, 0) is 32.0 Å². The van der Waals surface area contributed by atoms with Gasteiger partial charge in [0.2, 0.25) is 0 Å². The van der Waals surface area contributed by atoms with Crippen molar-refractivity contribution >= 4 is 27.6 Å². The van der Waals surface area contributed by atoms with Crippen LogP contribution in [-0.2, 0) is 9.53 Å². The lowest BCUT2D eigenvalue weighted by Crippen LogP contribution is -2.31. The first-order valence-corrected chi connectivity index (χ1v) is 6.04. The van der Waals surface area contributed by atoms with Crippen LogP contribution in [0.4, 0.5) is 10.1 Å². The summed E-state index contributed by atoms with van der Waals surface area (Å²) < 4.78 is 18.9. The SMILES string of the molecule is COC(=O)C(C)C(C)Nc1cc(Br)ccc1F. The van der Waals surface area contributed by atoms with E-state index < -0.39 is 0 Å². The van der Waals surface area contributed by atoms with Crippen LogP contribution in [-0.4, -0.2) is 19.1 Å². The molecule has 0 aliphatic rings. The average Bonchev–Trinajstić information content (AvgIpc) is 2.31. The van der Waals surface area contributed by atoms with Crippen LogP contribution < -0.4 is 5.32 Å². The molecule has 1 aromatic carbocycles. The summed E-state index contributed by atoms with van der Waals surface area (Å²) in [4.78, 5) is 11.3. The van der Waals surface area contributed by atoms with Crippen LogP contribution >= 0.6 is 15.9 Å². The summed E-state index contributed by atoms with van der Waals surface area (Å²) in [5.74, 6) is -1.02. The minimum Gasteiger partial charge on any atom is -0.469 e. The molecule has 1 aromatic rings. The lowest BCUT2D eigenvalue weighted by Gasteiger charge is -2.20. The standard InChI is InChI=1S/C12H15BrFNO2/c1-7(12(16)17-3)8(2)15-11-6-9(13)4-5-10(11)14/h4-8,15H,1-3H3. The Kier molecular flexibility index (Phi) is 4.93. The van der Waals surface area contributed by atoms with E-state index in [4.69, 9.17) is 0 Å². The lowest BCUT2D eigenvalue weighted by atomic mass is 10.0. The van der Waals surface area contributed by atoms with E-state index in [9.17, 15) is 9.18 Å². The zero-order valence-electron chi connectivity index (χ0n) is 9.96. The number of carbonyl (C=O) groups excluding carboxylic acids is 1. The molecule has 0 saturated heterocycles. The third-order valence-electron chi connectivity index (χ3n) is 2.63. The van der Waals surface area contributed by atoms with Crippen molar-refractivity contribution < 1.29 is 13.9 Å². The Morgan fingerprint density at radius 1 is 1.47 bits per heavy atom. The summed E-state index contributed by atoms with van der Waals surface area (Å²) in [7, 11) is 1.34. The molecule has 0 aliphatic carbocycles. The average molecular weight is 304 g/mol. The minimum atomic E-state index is -0.350. The Balaban J connectivity index is 2.77. The molecule has 2 atom stereocenters. The van der Waals surface area contributed by atoms with Crippen molar-refractivity contribution in [3.8, 4) is 0 Å². The first-order valence-electron chi connectivity index (χ1n) is 5.25. The number of hydrogen-bond donors (Lipinski definition) is 1. The third kappa shape index (κ3) is 3.70. The first kappa shape index (κ1) is 14.0. The van der Waals surface area contributed by atoms with E-state index >= 15 is 0 Å². The first-order chi connectivity index (χ1) is 7.95. The molecule has 0 aromatic heterocycles. The van der Waals surface area contributed by atoms with Gasteiger partial charge in [0.15, 0.2) is 0 Å². The smallest absolute Gasteiger partial charge is 0.310 e. The Morgan fingerprint density at radius 3 is 2.71 bits per heavy atom. The van der Waals surface area contributed by atoms with Gasteiger partial charge in [-0.1, -0.05) is 15.9 Å². The van der Waals surface area contributed by atoms with Crippen molar-refractivity contribution in [3.05, 3.63) is 28.5 Å². The number of halogens is 2. The predicted octanol–water partition coefficient (Wildman–Crippen LogP) is 3.20. The third-order valence-corrected chi connectivity index (χ3v) is 3.13. The highest BCUT2D eigenvalue weighted by Gasteiger charge is 2.21. The van der Waals surface area contributed by atoms with Gasteiger partial charge in [-0.15, -0.1) is 0 Å². The van der Waals surface area contributed by atoms with Crippen LogP contribution in [0.25, 0.3) is 0 Å². The van der Waals surface area contributed by atoms with Crippen LogP contribution in [0.1, 0.15) is 13.8 Å². The quantitative estimate of drug-likeness (QED) is 0.868. The second kappa shape index (κ2) is 6.00. The molecule has 0 fully saturated rings. The van der Waals surface area contributed by atoms with Crippen LogP contribution in [0.5, 0.6) is 0 Å². The molecular formula is C12H15BrFNO2. The van der Waals surface area contributed by atoms with Gasteiger partial charge in [-0.2, -0.15) is 0 Å². The topological polar surface area (TPSA) is 38.3 Å². The molecule has 0 aliphatic heterocycles. The summed E-state index contributed by atoms with van der Waals surface area (Å²) in [6.45, 7) is 3.54. The van der Waals surface area contributed by atoms with Gasteiger partial charge >= 0.3 is 5.97 Å². The number of benzene rings is 1. The zero-order chi connectivity index (χ0) is 13.0. The highest BCUT2D eigenvalue weighted by Crippen LogP contribution is 2.22. The fraction of sp³-hybridized carbons (Fsp3) is 0.417. The summed E-state index contributed by atoms with van der Waals surface area (Å²) in [6.07, 6.45) is 0. The molecule has 0 heterocycles. The van der Waals surface area contributed by atoms with Crippen molar-refractivity contribution in [2.45, 2.75) is 19.9 Å². The summed E-state index contributed by atoms with van der Waals surface area (Å²) in [5, 5.41) is 2.96. The van der Waals surface area contributed by atoms with Crippen molar-refractivity contribution in [3.63, 3.8) is 0 Å². The minimum absolute atomic E-state index is 0.216. The van der Waals surface area contributed by atoms with E-state index in [1.165, 1.54) is 13.2 Å². The second-order valence-electron chi connectivity index (χ2n) is 3.87. The number of ether oxygens (including phenoxy) is 1. The van der Waals surface area contributed by atoms with Gasteiger partial charge < -0.3 is 10.1 Å². The van der Waals surface area contributed by atoms with E-state index in [1.54, 1.807) is 19.1 Å². The highest BCUT2D eigenvalue weighted by molar-refractivity contribution is 9.10. The number of rotatable bonds is 4. The Hall–Kier alpha value is -1.10. The Morgan fingerprint density at radius 2 is 2.12 bits per heavy atom. The molecule has 0 saturated carbocycles. The molecule has 1 N–H and O–H groups in total. The van der Waals surface area contributed by atoms with Crippen LogP contribution in [0.3, 0.4) is 0 Å².